The Morgan fingerprint density at radius 1 is 1.23 bits per heavy atom. The maximum atomic E-state index is 12.9. The molecule has 1 atom stereocenters. The molecule has 0 bridgehead atoms. The zero-order valence-electron chi connectivity index (χ0n) is 14.6. The number of carbonyl (C=O) groups is 1. The van der Waals surface area contributed by atoms with E-state index in [9.17, 15) is 9.59 Å². The number of aromatic nitrogens is 4. The van der Waals surface area contributed by atoms with Crippen molar-refractivity contribution in [2.45, 2.75) is 20.0 Å². The Morgan fingerprint density at radius 2 is 2.08 bits per heavy atom. The number of carbonyl (C=O) groups excluding carboxylic acids is 1. The Balaban J connectivity index is 1.58. The molecule has 2 N–H and O–H groups in total. The molecule has 134 valence electrons. The van der Waals surface area contributed by atoms with Crippen LogP contribution in [0.15, 0.2) is 29.1 Å². The van der Waals surface area contributed by atoms with Crippen LogP contribution < -0.4 is 5.56 Å². The number of ether oxygens (including phenoxy) is 1. The van der Waals surface area contributed by atoms with Crippen LogP contribution >= 0.6 is 0 Å². The van der Waals surface area contributed by atoms with E-state index in [2.05, 4.69) is 19.9 Å². The van der Waals surface area contributed by atoms with E-state index in [1.807, 2.05) is 19.1 Å². The average Bonchev–Trinajstić information content (AvgIpc) is 2.99. The Morgan fingerprint density at radius 3 is 2.88 bits per heavy atom. The summed E-state index contributed by atoms with van der Waals surface area (Å²) in [6.07, 6.45) is -0.446. The standard InChI is InChI=1S/C18H19N5O3/c1-10-7-16(24)22-17(19-10)15-9-23(5-6-26-15)18(25)12-3-4-13-14(8-12)21-11(2)20-13/h3-4,7-8,15H,5-6,9H2,1-2H3,(H,20,21)(H,19,22,24)/t15-/m0/s1. The lowest BCUT2D eigenvalue weighted by Gasteiger charge is -2.32. The molecule has 2 aromatic heterocycles. The summed E-state index contributed by atoms with van der Waals surface area (Å²) in [5.41, 5.74) is 2.66. The molecule has 1 aliphatic heterocycles. The fourth-order valence-corrected chi connectivity index (χ4v) is 3.21. The molecule has 0 unspecified atom stereocenters. The number of nitrogens with one attached hydrogen (secondary N) is 2. The summed E-state index contributed by atoms with van der Waals surface area (Å²) < 4.78 is 5.72. The minimum absolute atomic E-state index is 0.0811. The number of amides is 1. The minimum Gasteiger partial charge on any atom is -0.367 e. The highest BCUT2D eigenvalue weighted by atomic mass is 16.5. The van der Waals surface area contributed by atoms with Gasteiger partial charge >= 0.3 is 0 Å². The molecule has 1 amide bonds. The van der Waals surface area contributed by atoms with Crippen LogP contribution in [0.25, 0.3) is 11.0 Å². The molecule has 1 aliphatic rings. The summed E-state index contributed by atoms with van der Waals surface area (Å²) in [5, 5.41) is 0. The number of morpholine rings is 1. The van der Waals surface area contributed by atoms with Gasteiger partial charge in [0, 0.05) is 23.9 Å². The van der Waals surface area contributed by atoms with Crippen molar-refractivity contribution < 1.29 is 9.53 Å². The van der Waals surface area contributed by atoms with Crippen LogP contribution in [0, 0.1) is 13.8 Å². The fraction of sp³-hybridized carbons (Fsp3) is 0.333. The van der Waals surface area contributed by atoms with E-state index >= 15 is 0 Å². The molecule has 1 aromatic carbocycles. The molecule has 8 nitrogen and oxygen atoms in total. The lowest BCUT2D eigenvalue weighted by molar-refractivity contribution is -0.0269. The summed E-state index contributed by atoms with van der Waals surface area (Å²) in [7, 11) is 0. The largest absolute Gasteiger partial charge is 0.367 e. The Hall–Kier alpha value is -3.00. The topological polar surface area (TPSA) is 104 Å². The Labute approximate surface area is 149 Å². The minimum atomic E-state index is -0.446. The van der Waals surface area contributed by atoms with Gasteiger partial charge in [-0.1, -0.05) is 0 Å². The normalized spacial score (nSPS) is 17.6. The van der Waals surface area contributed by atoms with E-state index in [1.165, 1.54) is 6.07 Å². The number of hydrogen-bond acceptors (Lipinski definition) is 5. The summed E-state index contributed by atoms with van der Waals surface area (Å²) >= 11 is 0. The van der Waals surface area contributed by atoms with Gasteiger partial charge in [-0.2, -0.15) is 0 Å². The highest BCUT2D eigenvalue weighted by molar-refractivity contribution is 5.97. The van der Waals surface area contributed by atoms with Gasteiger partial charge in [0.05, 0.1) is 24.2 Å². The van der Waals surface area contributed by atoms with Crippen molar-refractivity contribution >= 4 is 16.9 Å². The third kappa shape index (κ3) is 3.11. The zero-order valence-corrected chi connectivity index (χ0v) is 14.6. The molecule has 26 heavy (non-hydrogen) atoms. The van der Waals surface area contributed by atoms with Gasteiger partial charge in [0.15, 0.2) is 0 Å². The van der Waals surface area contributed by atoms with Crippen molar-refractivity contribution in [2.24, 2.45) is 0 Å². The first-order chi connectivity index (χ1) is 12.5. The molecule has 3 aromatic rings. The number of aromatic amines is 2. The molecular formula is C18H19N5O3. The molecule has 0 aliphatic carbocycles. The lowest BCUT2D eigenvalue weighted by Crippen LogP contribution is -2.43. The first-order valence-corrected chi connectivity index (χ1v) is 8.45. The second kappa shape index (κ2) is 6.38. The van der Waals surface area contributed by atoms with Crippen molar-refractivity contribution in [3.63, 3.8) is 0 Å². The van der Waals surface area contributed by atoms with Crippen molar-refractivity contribution in [3.8, 4) is 0 Å². The predicted molar refractivity (Wildman–Crippen MR) is 95.0 cm³/mol. The van der Waals surface area contributed by atoms with Crippen molar-refractivity contribution in [1.29, 1.82) is 0 Å². The van der Waals surface area contributed by atoms with Crippen LogP contribution in [-0.4, -0.2) is 50.4 Å². The number of aryl methyl sites for hydroxylation is 2. The number of fused-ring (bicyclic) bond motifs is 1. The number of H-pyrrole nitrogens is 2. The molecule has 1 fully saturated rings. The van der Waals surface area contributed by atoms with Gasteiger partial charge in [-0.05, 0) is 32.0 Å². The van der Waals surface area contributed by atoms with Crippen LogP contribution in [0.2, 0.25) is 0 Å². The van der Waals surface area contributed by atoms with E-state index in [4.69, 9.17) is 4.74 Å². The van der Waals surface area contributed by atoms with Crippen LogP contribution in [0.1, 0.15) is 33.8 Å². The van der Waals surface area contributed by atoms with Gasteiger partial charge in [-0.25, -0.2) is 9.97 Å². The molecule has 4 rings (SSSR count). The van der Waals surface area contributed by atoms with Crippen molar-refractivity contribution in [3.05, 3.63) is 57.5 Å². The second-order valence-electron chi connectivity index (χ2n) is 6.44. The fourth-order valence-electron chi connectivity index (χ4n) is 3.21. The summed E-state index contributed by atoms with van der Waals surface area (Å²) in [6.45, 7) is 4.85. The van der Waals surface area contributed by atoms with Crippen LogP contribution in [-0.2, 0) is 4.74 Å². The molecule has 0 spiro atoms. The van der Waals surface area contributed by atoms with Gasteiger partial charge in [-0.15, -0.1) is 0 Å². The Kier molecular flexibility index (Phi) is 4.04. The van der Waals surface area contributed by atoms with E-state index in [1.54, 1.807) is 17.9 Å². The van der Waals surface area contributed by atoms with Crippen LogP contribution in [0.3, 0.4) is 0 Å². The molecule has 3 heterocycles. The monoisotopic (exact) mass is 353 g/mol. The first kappa shape index (κ1) is 16.5. The summed E-state index contributed by atoms with van der Waals surface area (Å²) in [4.78, 5) is 40.8. The second-order valence-corrected chi connectivity index (χ2v) is 6.44. The van der Waals surface area contributed by atoms with Gasteiger partial charge in [0.1, 0.15) is 17.8 Å². The lowest BCUT2D eigenvalue weighted by atomic mass is 10.1. The van der Waals surface area contributed by atoms with Crippen molar-refractivity contribution in [2.75, 3.05) is 19.7 Å². The van der Waals surface area contributed by atoms with E-state index in [-0.39, 0.29) is 11.5 Å². The van der Waals surface area contributed by atoms with Crippen LogP contribution in [0.4, 0.5) is 0 Å². The highest BCUT2D eigenvalue weighted by Gasteiger charge is 2.28. The molecule has 0 radical (unpaired) electrons. The third-order valence-corrected chi connectivity index (χ3v) is 4.39. The number of rotatable bonds is 2. The van der Waals surface area contributed by atoms with E-state index < -0.39 is 6.10 Å². The molecule has 1 saturated heterocycles. The first-order valence-electron chi connectivity index (χ1n) is 8.45. The van der Waals surface area contributed by atoms with E-state index in [0.29, 0.717) is 36.8 Å². The van der Waals surface area contributed by atoms with E-state index in [0.717, 1.165) is 16.9 Å². The predicted octanol–water partition coefficient (Wildman–Crippen LogP) is 1.48. The highest BCUT2D eigenvalue weighted by Crippen LogP contribution is 2.21. The smallest absolute Gasteiger partial charge is 0.254 e. The number of hydrogen-bond donors (Lipinski definition) is 2. The molecule has 8 heteroatoms. The third-order valence-electron chi connectivity index (χ3n) is 4.39. The van der Waals surface area contributed by atoms with Gasteiger partial charge in [0.2, 0.25) is 0 Å². The number of benzene rings is 1. The SMILES string of the molecule is Cc1cc(=O)[nH]c([C@@H]2CN(C(=O)c3ccc4nc(C)[nH]c4c3)CCO2)n1. The number of nitrogens with zero attached hydrogens (tertiary/aromatic N) is 3. The quantitative estimate of drug-likeness (QED) is 0.726. The average molecular weight is 353 g/mol. The maximum Gasteiger partial charge on any atom is 0.254 e. The maximum absolute atomic E-state index is 12.9. The number of imidazole rings is 1. The van der Waals surface area contributed by atoms with Crippen LogP contribution in [0.5, 0.6) is 0 Å². The zero-order chi connectivity index (χ0) is 18.3. The van der Waals surface area contributed by atoms with Gasteiger partial charge < -0.3 is 19.6 Å². The summed E-state index contributed by atoms with van der Waals surface area (Å²) in [6, 6.07) is 6.86. The van der Waals surface area contributed by atoms with Crippen molar-refractivity contribution in [1.82, 2.24) is 24.8 Å². The Bertz CT molecular complexity index is 1040. The summed E-state index contributed by atoms with van der Waals surface area (Å²) in [5.74, 6) is 1.18. The van der Waals surface area contributed by atoms with Gasteiger partial charge in [-0.3, -0.25) is 9.59 Å². The molecular weight excluding hydrogens is 334 g/mol. The van der Waals surface area contributed by atoms with Gasteiger partial charge in [0.25, 0.3) is 11.5 Å². The molecule has 0 saturated carbocycles.